The molecule has 2 aromatic rings. The normalized spacial score (nSPS) is 16.2. The highest BCUT2D eigenvalue weighted by Crippen LogP contribution is 2.32. The summed E-state index contributed by atoms with van der Waals surface area (Å²) in [5.41, 5.74) is 2.01. The number of carbonyl (C=O) groups excluding carboxylic acids is 1. The quantitative estimate of drug-likeness (QED) is 0.909. The molecule has 2 N–H and O–H groups in total. The highest BCUT2D eigenvalue weighted by molar-refractivity contribution is 5.85. The molecule has 2 heterocycles. The van der Waals surface area contributed by atoms with E-state index in [2.05, 4.69) is 37.5 Å². The van der Waals surface area contributed by atoms with Gasteiger partial charge in [0, 0.05) is 24.0 Å². The lowest BCUT2D eigenvalue weighted by atomic mass is 9.96. The molecule has 120 valence electrons. The van der Waals surface area contributed by atoms with E-state index in [4.69, 9.17) is 4.42 Å². The predicted octanol–water partition coefficient (Wildman–Crippen LogP) is 3.20. The zero-order chi connectivity index (χ0) is 15.0. The molecule has 1 aromatic carbocycles. The Morgan fingerprint density at radius 2 is 2.00 bits per heavy atom. The number of nitrogens with one attached hydrogen (secondary N) is 2. The Kier molecular flexibility index (Phi) is 5.14. The summed E-state index contributed by atoms with van der Waals surface area (Å²) in [6.07, 6.45) is 0. The van der Waals surface area contributed by atoms with Crippen LogP contribution in [0.3, 0.4) is 0 Å². The second kappa shape index (κ2) is 6.71. The molecule has 1 fully saturated rings. The third-order valence-electron chi connectivity index (χ3n) is 4.28. The number of halogens is 1. The van der Waals surface area contributed by atoms with Crippen molar-refractivity contribution < 1.29 is 9.21 Å². The minimum absolute atomic E-state index is 0. The molecule has 5 heteroatoms. The summed E-state index contributed by atoms with van der Waals surface area (Å²) < 4.78 is 6.02. The maximum Gasteiger partial charge on any atom is 0.226 e. The number of hydrogen-bond donors (Lipinski definition) is 2. The molecular weight excluding hydrogens is 300 g/mol. The first kappa shape index (κ1) is 16.8. The zero-order valence-corrected chi connectivity index (χ0v) is 14.0. The van der Waals surface area contributed by atoms with Gasteiger partial charge in [-0.15, -0.1) is 12.4 Å². The Bertz CT molecular complexity index is 662. The molecule has 1 aliphatic heterocycles. The van der Waals surface area contributed by atoms with Crippen molar-refractivity contribution in [3.63, 3.8) is 0 Å². The Morgan fingerprint density at radius 1 is 1.32 bits per heavy atom. The number of amides is 1. The number of furan rings is 1. The Hall–Kier alpha value is -1.52. The van der Waals surface area contributed by atoms with Gasteiger partial charge in [-0.3, -0.25) is 4.79 Å². The first-order valence-corrected chi connectivity index (χ1v) is 7.57. The van der Waals surface area contributed by atoms with Crippen molar-refractivity contribution in [1.82, 2.24) is 10.6 Å². The summed E-state index contributed by atoms with van der Waals surface area (Å²) in [5, 5.41) is 7.42. The Morgan fingerprint density at radius 3 is 2.55 bits per heavy atom. The summed E-state index contributed by atoms with van der Waals surface area (Å²) in [4.78, 5) is 12.2. The van der Waals surface area contributed by atoms with Crippen LogP contribution in [0.2, 0.25) is 0 Å². The number of para-hydroxylation sites is 1. The minimum atomic E-state index is -0.0782. The van der Waals surface area contributed by atoms with Crippen LogP contribution >= 0.6 is 12.4 Å². The van der Waals surface area contributed by atoms with Crippen molar-refractivity contribution in [1.29, 1.82) is 0 Å². The predicted molar refractivity (Wildman–Crippen MR) is 90.3 cm³/mol. The van der Waals surface area contributed by atoms with Crippen molar-refractivity contribution in [3.05, 3.63) is 35.6 Å². The van der Waals surface area contributed by atoms with Gasteiger partial charge in [-0.25, -0.2) is 0 Å². The van der Waals surface area contributed by atoms with Crippen LogP contribution in [0.5, 0.6) is 0 Å². The van der Waals surface area contributed by atoms with Gasteiger partial charge in [-0.05, 0) is 18.9 Å². The largest absolute Gasteiger partial charge is 0.459 e. The average Bonchev–Trinajstić information content (AvgIpc) is 2.71. The zero-order valence-electron chi connectivity index (χ0n) is 13.2. The van der Waals surface area contributed by atoms with Crippen LogP contribution in [0.15, 0.2) is 28.7 Å². The second-order valence-electron chi connectivity index (χ2n) is 6.17. The lowest BCUT2D eigenvalue weighted by molar-refractivity contribution is -0.127. The number of benzene rings is 1. The topological polar surface area (TPSA) is 54.3 Å². The Balaban J connectivity index is 0.00000176. The van der Waals surface area contributed by atoms with Gasteiger partial charge in [0.05, 0.1) is 12.0 Å². The first-order chi connectivity index (χ1) is 10.1. The number of carbonyl (C=O) groups is 1. The summed E-state index contributed by atoms with van der Waals surface area (Å²) in [6.45, 7) is 7.83. The van der Waals surface area contributed by atoms with E-state index >= 15 is 0 Å². The van der Waals surface area contributed by atoms with Crippen LogP contribution in [0.4, 0.5) is 0 Å². The highest BCUT2D eigenvalue weighted by Gasteiger charge is 2.30. The van der Waals surface area contributed by atoms with E-state index in [0.717, 1.165) is 35.4 Å². The van der Waals surface area contributed by atoms with Crippen molar-refractivity contribution in [2.75, 3.05) is 13.1 Å². The number of rotatable bonds is 4. The van der Waals surface area contributed by atoms with Crippen LogP contribution in [0.25, 0.3) is 11.0 Å². The smallest absolute Gasteiger partial charge is 0.226 e. The monoisotopic (exact) mass is 322 g/mol. The molecule has 1 atom stereocenters. The third kappa shape index (κ3) is 2.99. The molecule has 1 saturated heterocycles. The lowest BCUT2D eigenvalue weighted by Crippen LogP contribution is -2.51. The van der Waals surface area contributed by atoms with Gasteiger partial charge in [-0.1, -0.05) is 32.0 Å². The van der Waals surface area contributed by atoms with E-state index in [-0.39, 0.29) is 36.2 Å². The molecule has 1 amide bonds. The van der Waals surface area contributed by atoms with Crippen LogP contribution in [0, 0.1) is 18.8 Å². The van der Waals surface area contributed by atoms with E-state index in [9.17, 15) is 4.79 Å². The molecule has 0 spiro atoms. The van der Waals surface area contributed by atoms with Gasteiger partial charge in [0.15, 0.2) is 0 Å². The maximum absolute atomic E-state index is 12.2. The van der Waals surface area contributed by atoms with Gasteiger partial charge >= 0.3 is 0 Å². The third-order valence-corrected chi connectivity index (χ3v) is 4.28. The fourth-order valence-electron chi connectivity index (χ4n) is 2.77. The van der Waals surface area contributed by atoms with Gasteiger partial charge < -0.3 is 15.1 Å². The van der Waals surface area contributed by atoms with E-state index in [0.29, 0.717) is 0 Å². The summed E-state index contributed by atoms with van der Waals surface area (Å²) in [5.74, 6) is 1.37. The van der Waals surface area contributed by atoms with Gasteiger partial charge in [0.25, 0.3) is 0 Å². The second-order valence-corrected chi connectivity index (χ2v) is 6.17. The summed E-state index contributed by atoms with van der Waals surface area (Å²) >= 11 is 0. The van der Waals surface area contributed by atoms with Crippen molar-refractivity contribution in [2.45, 2.75) is 26.8 Å². The van der Waals surface area contributed by atoms with Crippen molar-refractivity contribution >= 4 is 29.3 Å². The summed E-state index contributed by atoms with van der Waals surface area (Å²) in [6, 6.07) is 7.94. The summed E-state index contributed by atoms with van der Waals surface area (Å²) in [7, 11) is 0. The van der Waals surface area contributed by atoms with Gasteiger partial charge in [0.2, 0.25) is 5.91 Å². The molecule has 3 rings (SSSR count). The number of hydrogen-bond acceptors (Lipinski definition) is 3. The van der Waals surface area contributed by atoms with E-state index in [1.807, 2.05) is 18.2 Å². The van der Waals surface area contributed by atoms with E-state index in [1.165, 1.54) is 0 Å². The molecule has 1 aliphatic rings. The van der Waals surface area contributed by atoms with Crippen LogP contribution in [-0.2, 0) is 4.79 Å². The molecule has 22 heavy (non-hydrogen) atoms. The molecule has 1 aromatic heterocycles. The molecule has 0 aliphatic carbocycles. The standard InChI is InChI=1S/C17H22N2O2.ClH/c1-10(2)15(19-17(20)12-8-18-9-12)16-11(3)13-6-4-5-7-14(13)21-16;/h4-7,10,12,15,18H,8-9H2,1-3H3,(H,19,20);1H. The molecular formula is C17H23ClN2O2. The Labute approximate surface area is 137 Å². The first-order valence-electron chi connectivity index (χ1n) is 7.57. The molecule has 0 bridgehead atoms. The van der Waals surface area contributed by atoms with Gasteiger partial charge in [-0.2, -0.15) is 0 Å². The molecule has 1 unspecified atom stereocenters. The molecule has 4 nitrogen and oxygen atoms in total. The number of aryl methyl sites for hydroxylation is 1. The molecule has 0 radical (unpaired) electrons. The minimum Gasteiger partial charge on any atom is -0.459 e. The highest BCUT2D eigenvalue weighted by atomic mass is 35.5. The van der Waals surface area contributed by atoms with Crippen molar-refractivity contribution in [2.24, 2.45) is 11.8 Å². The lowest BCUT2D eigenvalue weighted by Gasteiger charge is -2.29. The van der Waals surface area contributed by atoms with E-state index in [1.54, 1.807) is 0 Å². The number of fused-ring (bicyclic) bond motifs is 1. The van der Waals surface area contributed by atoms with Crippen molar-refractivity contribution in [3.8, 4) is 0 Å². The van der Waals surface area contributed by atoms with Crippen LogP contribution < -0.4 is 10.6 Å². The fourth-order valence-corrected chi connectivity index (χ4v) is 2.77. The van der Waals surface area contributed by atoms with Crippen LogP contribution in [-0.4, -0.2) is 19.0 Å². The average molecular weight is 323 g/mol. The van der Waals surface area contributed by atoms with Crippen LogP contribution in [0.1, 0.15) is 31.2 Å². The SMILES string of the molecule is Cc1c(C(NC(=O)C2CNC2)C(C)C)oc2ccccc12.Cl. The van der Waals surface area contributed by atoms with Gasteiger partial charge in [0.1, 0.15) is 11.3 Å². The maximum atomic E-state index is 12.2. The fraction of sp³-hybridized carbons (Fsp3) is 0.471. The molecule has 0 saturated carbocycles. The van der Waals surface area contributed by atoms with E-state index < -0.39 is 0 Å².